The summed E-state index contributed by atoms with van der Waals surface area (Å²) in [4.78, 5) is 4.35. The van der Waals surface area contributed by atoms with Gasteiger partial charge in [0.2, 0.25) is 0 Å². The summed E-state index contributed by atoms with van der Waals surface area (Å²) < 4.78 is 23.0. The third-order valence-corrected chi connectivity index (χ3v) is 5.46. The molecule has 1 atom stereocenters. The van der Waals surface area contributed by atoms with E-state index in [0.29, 0.717) is 19.7 Å². The number of fused-ring (bicyclic) bond motifs is 1. The molecular weight excluding hydrogens is 358 g/mol. The number of nitrogens with one attached hydrogen (secondary N) is 2. The fraction of sp³-hybridized carbons (Fsp3) is 0.667. The van der Waals surface area contributed by atoms with Gasteiger partial charge in [0.05, 0.1) is 12.2 Å². The molecule has 0 amide bonds. The average molecular weight is 392 g/mol. The second kappa shape index (κ2) is 9.47. The Morgan fingerprint density at radius 2 is 2.07 bits per heavy atom. The van der Waals surface area contributed by atoms with Gasteiger partial charge in [-0.2, -0.15) is 0 Å². The lowest BCUT2D eigenvalue weighted by atomic mass is 9.94. The van der Waals surface area contributed by atoms with Crippen LogP contribution in [0.2, 0.25) is 0 Å². The molecule has 0 aromatic heterocycles. The van der Waals surface area contributed by atoms with Gasteiger partial charge in [0.15, 0.2) is 5.96 Å². The lowest BCUT2D eigenvalue weighted by Crippen LogP contribution is -2.50. The molecule has 7 nitrogen and oxygen atoms in total. The third-order valence-electron chi connectivity index (χ3n) is 5.46. The zero-order valence-corrected chi connectivity index (χ0v) is 17.5. The lowest BCUT2D eigenvalue weighted by molar-refractivity contribution is -0.0855. The quantitative estimate of drug-likeness (QED) is 0.549. The van der Waals surface area contributed by atoms with Gasteiger partial charge in [0.1, 0.15) is 17.6 Å². The predicted molar refractivity (Wildman–Crippen MR) is 109 cm³/mol. The Morgan fingerprint density at radius 3 is 2.75 bits per heavy atom. The minimum absolute atomic E-state index is 0.204. The van der Waals surface area contributed by atoms with E-state index in [4.69, 9.17) is 18.9 Å². The molecule has 0 bridgehead atoms. The molecule has 1 saturated heterocycles. The Hall–Kier alpha value is -1.99. The molecule has 1 fully saturated rings. The first kappa shape index (κ1) is 20.7. The Kier molecular flexibility index (Phi) is 7.02. The normalized spacial score (nSPS) is 21.0. The Morgan fingerprint density at radius 1 is 1.29 bits per heavy atom. The van der Waals surface area contributed by atoms with Crippen molar-refractivity contribution in [3.05, 3.63) is 23.3 Å². The standard InChI is InChI=1S/C21H33N3O4/c1-5-27-18-11-16-10-15(2)28-19(16)12-17(18)13-23-20(22-3)24-14-21(25-4)6-8-26-9-7-21/h11-12,15H,5-10,13-14H2,1-4H3,(H2,22,23,24). The second-order valence-electron chi connectivity index (χ2n) is 7.41. The molecule has 28 heavy (non-hydrogen) atoms. The summed E-state index contributed by atoms with van der Waals surface area (Å²) in [6.07, 6.45) is 2.90. The van der Waals surface area contributed by atoms with Crippen molar-refractivity contribution in [2.45, 2.75) is 51.4 Å². The largest absolute Gasteiger partial charge is 0.494 e. The minimum atomic E-state index is -0.204. The summed E-state index contributed by atoms with van der Waals surface area (Å²) in [6, 6.07) is 4.19. The Balaban J connectivity index is 1.62. The molecule has 2 aliphatic rings. The molecule has 0 saturated carbocycles. The van der Waals surface area contributed by atoms with Gasteiger partial charge in [-0.25, -0.2) is 0 Å². The fourth-order valence-electron chi connectivity index (χ4n) is 3.75. The second-order valence-corrected chi connectivity index (χ2v) is 7.41. The molecule has 0 radical (unpaired) electrons. The predicted octanol–water partition coefficient (Wildman–Crippen LogP) is 2.27. The van der Waals surface area contributed by atoms with Crippen molar-refractivity contribution in [2.75, 3.05) is 40.5 Å². The molecule has 0 spiro atoms. The number of aliphatic imine (C=N–C) groups is 1. The first-order chi connectivity index (χ1) is 13.6. The van der Waals surface area contributed by atoms with Crippen molar-refractivity contribution in [3.63, 3.8) is 0 Å². The van der Waals surface area contributed by atoms with E-state index in [2.05, 4.69) is 34.7 Å². The molecule has 1 unspecified atom stereocenters. The van der Waals surface area contributed by atoms with Crippen molar-refractivity contribution in [2.24, 2.45) is 4.99 Å². The lowest BCUT2D eigenvalue weighted by Gasteiger charge is -2.36. The van der Waals surface area contributed by atoms with E-state index in [9.17, 15) is 0 Å². The van der Waals surface area contributed by atoms with Crippen LogP contribution in [0.5, 0.6) is 11.5 Å². The molecule has 1 aromatic carbocycles. The van der Waals surface area contributed by atoms with Crippen molar-refractivity contribution in [1.82, 2.24) is 10.6 Å². The van der Waals surface area contributed by atoms with Gasteiger partial charge in [-0.05, 0) is 26.0 Å². The summed E-state index contributed by atoms with van der Waals surface area (Å²) in [5.74, 6) is 2.59. The number of ether oxygens (including phenoxy) is 4. The molecule has 7 heteroatoms. The molecule has 1 aromatic rings. The summed E-state index contributed by atoms with van der Waals surface area (Å²) in [5, 5.41) is 6.78. The number of benzene rings is 1. The van der Waals surface area contributed by atoms with Gasteiger partial charge >= 0.3 is 0 Å². The summed E-state index contributed by atoms with van der Waals surface area (Å²) in [5.41, 5.74) is 2.07. The Labute approximate surface area is 167 Å². The number of rotatable bonds is 7. The summed E-state index contributed by atoms with van der Waals surface area (Å²) in [6.45, 7) is 7.47. The van der Waals surface area contributed by atoms with Crippen LogP contribution >= 0.6 is 0 Å². The van der Waals surface area contributed by atoms with Crippen LogP contribution in [0.25, 0.3) is 0 Å². The number of methoxy groups -OCH3 is 1. The topological polar surface area (TPSA) is 73.3 Å². The summed E-state index contributed by atoms with van der Waals surface area (Å²) >= 11 is 0. The molecule has 2 N–H and O–H groups in total. The van der Waals surface area contributed by atoms with E-state index in [0.717, 1.165) is 55.5 Å². The first-order valence-electron chi connectivity index (χ1n) is 10.1. The van der Waals surface area contributed by atoms with Crippen LogP contribution in [0.4, 0.5) is 0 Å². The maximum absolute atomic E-state index is 5.91. The van der Waals surface area contributed by atoms with Crippen LogP contribution in [-0.2, 0) is 22.4 Å². The van der Waals surface area contributed by atoms with Crippen molar-refractivity contribution < 1.29 is 18.9 Å². The highest BCUT2D eigenvalue weighted by atomic mass is 16.5. The maximum atomic E-state index is 5.91. The highest BCUT2D eigenvalue weighted by Crippen LogP contribution is 2.35. The smallest absolute Gasteiger partial charge is 0.191 e. The fourth-order valence-corrected chi connectivity index (χ4v) is 3.75. The van der Waals surface area contributed by atoms with Gasteiger partial charge in [0, 0.05) is 70.9 Å². The first-order valence-corrected chi connectivity index (χ1v) is 10.1. The Bertz CT molecular complexity index is 686. The van der Waals surface area contributed by atoms with Gasteiger partial charge < -0.3 is 29.6 Å². The van der Waals surface area contributed by atoms with E-state index in [-0.39, 0.29) is 11.7 Å². The molecule has 156 valence electrons. The SMILES string of the molecule is CCOc1cc2c(cc1CNC(=NC)NCC1(OC)CCOCC1)OC(C)C2. The van der Waals surface area contributed by atoms with Crippen LogP contribution < -0.4 is 20.1 Å². The van der Waals surface area contributed by atoms with Crippen LogP contribution in [0.3, 0.4) is 0 Å². The zero-order chi connectivity index (χ0) is 20.0. The number of nitrogens with zero attached hydrogens (tertiary/aromatic N) is 1. The van der Waals surface area contributed by atoms with E-state index < -0.39 is 0 Å². The van der Waals surface area contributed by atoms with E-state index >= 15 is 0 Å². The van der Waals surface area contributed by atoms with Gasteiger partial charge in [0.25, 0.3) is 0 Å². The molecule has 0 aliphatic carbocycles. The zero-order valence-electron chi connectivity index (χ0n) is 17.5. The number of hydrogen-bond acceptors (Lipinski definition) is 5. The average Bonchev–Trinajstić information content (AvgIpc) is 3.07. The van der Waals surface area contributed by atoms with Crippen LogP contribution in [0.1, 0.15) is 37.8 Å². The molecule has 2 aliphatic heterocycles. The number of hydrogen-bond donors (Lipinski definition) is 2. The van der Waals surface area contributed by atoms with Crippen LogP contribution in [-0.4, -0.2) is 58.2 Å². The highest BCUT2D eigenvalue weighted by Gasteiger charge is 2.32. The van der Waals surface area contributed by atoms with Crippen molar-refractivity contribution in [1.29, 1.82) is 0 Å². The van der Waals surface area contributed by atoms with E-state index in [1.54, 1.807) is 14.2 Å². The van der Waals surface area contributed by atoms with Crippen LogP contribution in [0.15, 0.2) is 17.1 Å². The van der Waals surface area contributed by atoms with Gasteiger partial charge in [-0.15, -0.1) is 0 Å². The highest BCUT2D eigenvalue weighted by molar-refractivity contribution is 5.79. The molecule has 2 heterocycles. The molecular formula is C21H33N3O4. The maximum Gasteiger partial charge on any atom is 0.191 e. The third kappa shape index (κ3) is 4.89. The van der Waals surface area contributed by atoms with Crippen molar-refractivity contribution in [3.8, 4) is 11.5 Å². The summed E-state index contributed by atoms with van der Waals surface area (Å²) in [7, 11) is 3.54. The van der Waals surface area contributed by atoms with Crippen molar-refractivity contribution >= 4 is 5.96 Å². The van der Waals surface area contributed by atoms with E-state index in [1.807, 2.05) is 6.92 Å². The van der Waals surface area contributed by atoms with E-state index in [1.165, 1.54) is 5.56 Å². The molecule has 3 rings (SSSR count). The minimum Gasteiger partial charge on any atom is -0.494 e. The monoisotopic (exact) mass is 391 g/mol. The number of guanidine groups is 1. The van der Waals surface area contributed by atoms with Gasteiger partial charge in [-0.1, -0.05) is 0 Å². The van der Waals surface area contributed by atoms with Crippen LogP contribution in [0, 0.1) is 0 Å². The van der Waals surface area contributed by atoms with Gasteiger partial charge in [-0.3, -0.25) is 4.99 Å².